The molecular formula is C8H23HfN3. The monoisotopic (exact) mass is 341 g/mol. The zero-order chi connectivity index (χ0) is 10.2. The molecule has 0 amide bonds. The number of hydrogen-bond donors (Lipinski definition) is 1. The Bertz CT molecular complexity index is 141. The van der Waals surface area contributed by atoms with E-state index in [0.717, 1.165) is 0 Å². The van der Waals surface area contributed by atoms with E-state index in [4.69, 9.17) is 3.72 Å². The fourth-order valence-electron chi connectivity index (χ4n) is 1.74. The molecule has 2 N–H and O–H groups in total. The van der Waals surface area contributed by atoms with Crippen LogP contribution in [0.15, 0.2) is 0 Å². The van der Waals surface area contributed by atoms with Crippen LogP contribution in [0.3, 0.4) is 0 Å². The summed E-state index contributed by atoms with van der Waals surface area (Å²) < 4.78 is 11.3. The van der Waals surface area contributed by atoms with E-state index in [9.17, 15) is 0 Å². The van der Waals surface area contributed by atoms with Gasteiger partial charge >= 0.3 is 82.5 Å². The molecule has 12 heavy (non-hydrogen) atoms. The van der Waals surface area contributed by atoms with E-state index in [2.05, 4.69) is 54.7 Å². The van der Waals surface area contributed by atoms with E-state index >= 15 is 0 Å². The molecule has 0 atom stereocenters. The van der Waals surface area contributed by atoms with E-state index < -0.39 is 20.8 Å². The van der Waals surface area contributed by atoms with Crippen molar-refractivity contribution in [3.63, 3.8) is 0 Å². The van der Waals surface area contributed by atoms with Gasteiger partial charge in [0.25, 0.3) is 0 Å². The summed E-state index contributed by atoms with van der Waals surface area (Å²) >= 11 is -2.86. The molecule has 0 radical (unpaired) electrons. The van der Waals surface area contributed by atoms with Gasteiger partial charge < -0.3 is 0 Å². The molecule has 4 heteroatoms. The predicted molar refractivity (Wildman–Crippen MR) is 51.3 cm³/mol. The van der Waals surface area contributed by atoms with Crippen LogP contribution in [0.4, 0.5) is 0 Å². The van der Waals surface area contributed by atoms with Crippen LogP contribution in [-0.4, -0.2) is 34.0 Å². The molecule has 0 saturated carbocycles. The van der Waals surface area contributed by atoms with Gasteiger partial charge in [0, 0.05) is 0 Å². The average Bonchev–Trinajstić information content (AvgIpc) is 1.82. The fourth-order valence-corrected chi connectivity index (χ4v) is 14.3. The van der Waals surface area contributed by atoms with Gasteiger partial charge in [0.15, 0.2) is 0 Å². The second-order valence-corrected chi connectivity index (χ2v) is 21.8. The Morgan fingerprint density at radius 3 is 1.17 bits per heavy atom. The summed E-state index contributed by atoms with van der Waals surface area (Å²) in [5.41, 5.74) is 0. The Labute approximate surface area is 82.4 Å². The van der Waals surface area contributed by atoms with Crippen LogP contribution in [0, 0.1) is 0 Å². The molecule has 0 aromatic heterocycles. The summed E-state index contributed by atoms with van der Waals surface area (Å²) in [5.74, 6) is 0. The maximum absolute atomic E-state index is 6.53. The van der Waals surface area contributed by atoms with E-state index in [-0.39, 0.29) is 3.17 Å². The van der Waals surface area contributed by atoms with Crippen LogP contribution in [-0.2, 0) is 20.8 Å². The third-order valence-corrected chi connectivity index (χ3v) is 20.2. The Balaban J connectivity index is 4.89. The second kappa shape index (κ2) is 3.86. The van der Waals surface area contributed by atoms with Crippen molar-refractivity contribution < 1.29 is 20.8 Å². The third-order valence-electron chi connectivity index (χ3n) is 2.47. The zero-order valence-corrected chi connectivity index (χ0v) is 13.1. The minimum absolute atomic E-state index is 0.250. The summed E-state index contributed by atoms with van der Waals surface area (Å²) in [6, 6.07) is 0. The Morgan fingerprint density at radius 2 is 1.17 bits per heavy atom. The van der Waals surface area contributed by atoms with Crippen molar-refractivity contribution in [1.29, 1.82) is 0 Å². The van der Waals surface area contributed by atoms with Gasteiger partial charge in [-0.15, -0.1) is 0 Å². The number of hydrogen-bond acceptors (Lipinski definition) is 3. The topological polar surface area (TPSA) is 32.5 Å². The minimum atomic E-state index is -2.86. The van der Waals surface area contributed by atoms with E-state index in [1.165, 1.54) is 0 Å². The van der Waals surface area contributed by atoms with E-state index in [0.29, 0.717) is 0 Å². The summed E-state index contributed by atoms with van der Waals surface area (Å²) in [7, 11) is 8.42. The van der Waals surface area contributed by atoms with Crippen LogP contribution >= 0.6 is 0 Å². The van der Waals surface area contributed by atoms with Gasteiger partial charge in [-0.1, -0.05) is 0 Å². The molecule has 0 aliphatic rings. The van der Waals surface area contributed by atoms with Crippen molar-refractivity contribution in [2.24, 2.45) is 3.72 Å². The molecule has 0 aromatic rings. The predicted octanol–water partition coefficient (Wildman–Crippen LogP) is 1.19. The first-order valence-electron chi connectivity index (χ1n) is 4.27. The summed E-state index contributed by atoms with van der Waals surface area (Å²) in [4.78, 5) is 0. The quantitative estimate of drug-likeness (QED) is 0.767. The standard InChI is InChI=1S/C4H9.2C2H6N.Hf.H2N/c1-4(2)3;2*1-3-2;;/h1-3H3;2*1-2H3;;1H2/q;2*-1;+3;-1. The van der Waals surface area contributed by atoms with Crippen molar-refractivity contribution in [1.82, 2.24) is 5.78 Å². The molecular weight excluding hydrogens is 317 g/mol. The van der Waals surface area contributed by atoms with Gasteiger partial charge in [0.2, 0.25) is 0 Å². The van der Waals surface area contributed by atoms with E-state index in [1.807, 2.05) is 0 Å². The maximum atomic E-state index is 6.53. The number of nitrogens with zero attached hydrogens (tertiary/aromatic N) is 2. The first kappa shape index (κ1) is 12.8. The van der Waals surface area contributed by atoms with E-state index in [1.54, 1.807) is 0 Å². The average molecular weight is 340 g/mol. The fraction of sp³-hybridized carbons (Fsp3) is 1.00. The molecule has 0 unspecified atom stereocenters. The molecule has 74 valence electrons. The zero-order valence-electron chi connectivity index (χ0n) is 9.47. The van der Waals surface area contributed by atoms with Crippen molar-refractivity contribution in [3.05, 3.63) is 0 Å². The van der Waals surface area contributed by atoms with Gasteiger partial charge in [-0.2, -0.15) is 0 Å². The molecule has 0 aliphatic carbocycles. The Morgan fingerprint density at radius 1 is 0.917 bits per heavy atom. The first-order valence-corrected chi connectivity index (χ1v) is 11.4. The Kier molecular flexibility index (Phi) is 4.10. The summed E-state index contributed by atoms with van der Waals surface area (Å²) in [5, 5.41) is 0. The molecule has 0 saturated heterocycles. The third kappa shape index (κ3) is 2.16. The van der Waals surface area contributed by atoms with Crippen molar-refractivity contribution in [2.75, 3.05) is 28.2 Å². The summed E-state index contributed by atoms with van der Waals surface area (Å²) in [6.07, 6.45) is 0. The number of nitrogens with two attached hydrogens (primary N) is 1. The van der Waals surface area contributed by atoms with Crippen LogP contribution < -0.4 is 3.72 Å². The molecule has 0 spiro atoms. The molecule has 0 aliphatic heterocycles. The van der Waals surface area contributed by atoms with Gasteiger partial charge in [0.05, 0.1) is 0 Å². The van der Waals surface area contributed by atoms with Gasteiger partial charge in [-0.3, -0.25) is 0 Å². The van der Waals surface area contributed by atoms with Crippen LogP contribution in [0.1, 0.15) is 20.8 Å². The molecule has 3 nitrogen and oxygen atoms in total. The molecule has 0 heterocycles. The normalized spacial score (nSPS) is 14.5. The molecule has 0 rings (SSSR count). The van der Waals surface area contributed by atoms with Gasteiger partial charge in [-0.25, -0.2) is 0 Å². The van der Waals surface area contributed by atoms with Gasteiger partial charge in [0.1, 0.15) is 0 Å². The summed E-state index contributed by atoms with van der Waals surface area (Å²) in [6.45, 7) is 6.73. The van der Waals surface area contributed by atoms with Crippen molar-refractivity contribution in [2.45, 2.75) is 23.9 Å². The van der Waals surface area contributed by atoms with Crippen molar-refractivity contribution >= 4 is 0 Å². The SMILES string of the molecule is C[N](C)[Hf]([NH2])([N](C)C)[C](C)(C)C. The number of rotatable bonds is 2. The van der Waals surface area contributed by atoms with Crippen molar-refractivity contribution in [3.8, 4) is 0 Å². The molecule has 0 aromatic carbocycles. The molecule has 0 bridgehead atoms. The van der Waals surface area contributed by atoms with Crippen LogP contribution in [0.5, 0.6) is 0 Å². The second-order valence-electron chi connectivity index (χ2n) is 4.76. The molecule has 0 fully saturated rings. The Hall–Kier alpha value is 0.750. The van der Waals surface area contributed by atoms with Crippen LogP contribution in [0.25, 0.3) is 0 Å². The first-order chi connectivity index (χ1) is 5.14. The van der Waals surface area contributed by atoms with Gasteiger partial charge in [-0.05, 0) is 0 Å². The van der Waals surface area contributed by atoms with Crippen LogP contribution in [0.2, 0.25) is 3.17 Å².